The Labute approximate surface area is 136 Å². The number of carbonyl (C=O) groups excluding carboxylic acids is 2. The number of hydrogen-bond donors (Lipinski definition) is 1. The van der Waals surface area contributed by atoms with Gasteiger partial charge in [0, 0.05) is 43.7 Å². The summed E-state index contributed by atoms with van der Waals surface area (Å²) in [5.74, 6) is 1.10. The smallest absolute Gasteiger partial charge is 0.274 e. The predicted molar refractivity (Wildman–Crippen MR) is 85.0 cm³/mol. The molecule has 23 heavy (non-hydrogen) atoms. The summed E-state index contributed by atoms with van der Waals surface area (Å²) in [6.45, 7) is 2.75. The number of H-pyrrole nitrogens is 1. The van der Waals surface area contributed by atoms with Gasteiger partial charge in [-0.25, -0.2) is 0 Å². The quantitative estimate of drug-likeness (QED) is 0.924. The van der Waals surface area contributed by atoms with Gasteiger partial charge in [0.1, 0.15) is 5.69 Å². The Morgan fingerprint density at radius 3 is 2.43 bits per heavy atom. The maximum Gasteiger partial charge on any atom is 0.274 e. The maximum absolute atomic E-state index is 12.6. The molecule has 1 aromatic heterocycles. The first-order valence-corrected chi connectivity index (χ1v) is 8.86. The Morgan fingerprint density at radius 2 is 1.74 bits per heavy atom. The Hall–Kier alpha value is -1.85. The van der Waals surface area contributed by atoms with E-state index in [1.54, 1.807) is 0 Å². The van der Waals surface area contributed by atoms with Crippen molar-refractivity contribution in [2.45, 2.75) is 44.4 Å². The monoisotopic (exact) mass is 316 g/mol. The van der Waals surface area contributed by atoms with Crippen molar-refractivity contribution in [3.63, 3.8) is 0 Å². The van der Waals surface area contributed by atoms with Crippen molar-refractivity contribution in [3.05, 3.63) is 17.5 Å². The molecule has 1 N–H and O–H groups in total. The van der Waals surface area contributed by atoms with Gasteiger partial charge in [-0.3, -0.25) is 14.7 Å². The van der Waals surface area contributed by atoms with Gasteiger partial charge in [-0.2, -0.15) is 5.10 Å². The van der Waals surface area contributed by atoms with Crippen molar-refractivity contribution in [1.29, 1.82) is 0 Å². The van der Waals surface area contributed by atoms with Crippen molar-refractivity contribution in [3.8, 4) is 0 Å². The predicted octanol–water partition coefficient (Wildman–Crippen LogP) is 1.76. The number of nitrogens with one attached hydrogen (secondary N) is 1. The first-order chi connectivity index (χ1) is 11.2. The summed E-state index contributed by atoms with van der Waals surface area (Å²) in [4.78, 5) is 28.8. The topological polar surface area (TPSA) is 69.3 Å². The van der Waals surface area contributed by atoms with Crippen molar-refractivity contribution >= 4 is 11.8 Å². The van der Waals surface area contributed by atoms with Gasteiger partial charge in [-0.15, -0.1) is 0 Å². The number of aromatic amines is 1. The van der Waals surface area contributed by atoms with Crippen molar-refractivity contribution in [2.75, 3.05) is 26.2 Å². The minimum atomic E-state index is -0.00825. The van der Waals surface area contributed by atoms with Gasteiger partial charge in [-0.1, -0.05) is 6.42 Å². The molecule has 0 aromatic carbocycles. The Morgan fingerprint density at radius 1 is 1.00 bits per heavy atom. The van der Waals surface area contributed by atoms with Gasteiger partial charge < -0.3 is 9.80 Å². The zero-order chi connectivity index (χ0) is 15.8. The van der Waals surface area contributed by atoms with Gasteiger partial charge in [0.2, 0.25) is 5.91 Å². The molecular formula is C17H24N4O2. The van der Waals surface area contributed by atoms with Crippen molar-refractivity contribution < 1.29 is 9.59 Å². The molecular weight excluding hydrogens is 292 g/mol. The second-order valence-electron chi connectivity index (χ2n) is 7.08. The molecule has 0 radical (unpaired) electrons. The van der Waals surface area contributed by atoms with Crippen LogP contribution in [-0.4, -0.2) is 58.0 Å². The Kier molecular flexibility index (Phi) is 3.83. The lowest BCUT2D eigenvalue weighted by molar-refractivity contribution is -0.138. The van der Waals surface area contributed by atoms with E-state index in [1.165, 1.54) is 19.3 Å². The van der Waals surface area contributed by atoms with Crippen molar-refractivity contribution in [2.24, 2.45) is 5.92 Å². The third kappa shape index (κ3) is 2.99. The standard InChI is InChI=1S/C17H24N4O2/c22-16(13-3-1-4-13)20-7-2-8-21(10-9-20)17(23)15-11-14(18-19-15)12-5-6-12/h11-13H,1-10H2,(H,18,19). The molecule has 0 atom stereocenters. The van der Waals surface area contributed by atoms with E-state index in [4.69, 9.17) is 0 Å². The van der Waals surface area contributed by atoms with Gasteiger partial charge >= 0.3 is 0 Å². The summed E-state index contributed by atoms with van der Waals surface area (Å²) in [6.07, 6.45) is 6.49. The average molecular weight is 316 g/mol. The van der Waals surface area contributed by atoms with E-state index in [9.17, 15) is 9.59 Å². The fourth-order valence-corrected chi connectivity index (χ4v) is 3.47. The van der Waals surface area contributed by atoms with E-state index in [1.807, 2.05) is 15.9 Å². The Balaban J connectivity index is 1.37. The van der Waals surface area contributed by atoms with Crippen LogP contribution in [0.4, 0.5) is 0 Å². The average Bonchev–Trinajstić information content (AvgIpc) is 3.27. The number of nitrogens with zero attached hydrogens (tertiary/aromatic N) is 3. The molecule has 2 amide bonds. The first-order valence-electron chi connectivity index (χ1n) is 8.86. The molecule has 2 saturated carbocycles. The molecule has 2 heterocycles. The van der Waals surface area contributed by atoms with Crippen LogP contribution in [0, 0.1) is 5.92 Å². The molecule has 0 unspecified atom stereocenters. The van der Waals surface area contributed by atoms with E-state index in [2.05, 4.69) is 10.2 Å². The largest absolute Gasteiger partial charge is 0.341 e. The van der Waals surface area contributed by atoms with E-state index >= 15 is 0 Å². The van der Waals surface area contributed by atoms with Crippen LogP contribution >= 0.6 is 0 Å². The molecule has 6 nitrogen and oxygen atoms in total. The van der Waals surface area contributed by atoms with Crippen LogP contribution in [0.25, 0.3) is 0 Å². The lowest BCUT2D eigenvalue weighted by Crippen LogP contribution is -2.41. The molecule has 1 saturated heterocycles. The van der Waals surface area contributed by atoms with Crippen molar-refractivity contribution in [1.82, 2.24) is 20.0 Å². The van der Waals surface area contributed by atoms with Crippen LogP contribution in [0.1, 0.15) is 60.6 Å². The second-order valence-corrected chi connectivity index (χ2v) is 7.08. The summed E-state index contributed by atoms with van der Waals surface area (Å²) < 4.78 is 0. The molecule has 4 rings (SSSR count). The third-order valence-corrected chi connectivity index (χ3v) is 5.38. The molecule has 1 aliphatic heterocycles. The highest BCUT2D eigenvalue weighted by molar-refractivity contribution is 5.92. The van der Waals surface area contributed by atoms with E-state index in [-0.39, 0.29) is 11.8 Å². The number of amides is 2. The van der Waals surface area contributed by atoms with Crippen LogP contribution in [0.15, 0.2) is 6.07 Å². The van der Waals surface area contributed by atoms with Crippen LogP contribution < -0.4 is 0 Å². The van der Waals surface area contributed by atoms with Gasteiger partial charge in [-0.05, 0) is 38.2 Å². The van der Waals surface area contributed by atoms with Gasteiger partial charge in [0.15, 0.2) is 0 Å². The maximum atomic E-state index is 12.6. The SMILES string of the molecule is O=C(c1cc(C2CC2)[nH]n1)N1CCCN(C(=O)C2CCC2)CC1. The first kappa shape index (κ1) is 14.7. The van der Waals surface area contributed by atoms with Gasteiger partial charge in [0.05, 0.1) is 0 Å². The van der Waals surface area contributed by atoms with E-state index in [0.717, 1.165) is 31.5 Å². The summed E-state index contributed by atoms with van der Waals surface area (Å²) in [7, 11) is 0. The zero-order valence-electron chi connectivity index (χ0n) is 13.5. The lowest BCUT2D eigenvalue weighted by Gasteiger charge is -2.30. The number of aromatic nitrogens is 2. The highest BCUT2D eigenvalue weighted by Gasteiger charge is 2.32. The highest BCUT2D eigenvalue weighted by atomic mass is 16.2. The Bertz CT molecular complexity index is 603. The van der Waals surface area contributed by atoms with E-state index < -0.39 is 0 Å². The molecule has 124 valence electrons. The zero-order valence-corrected chi connectivity index (χ0v) is 13.5. The summed E-state index contributed by atoms with van der Waals surface area (Å²) in [5.41, 5.74) is 1.61. The number of rotatable bonds is 3. The molecule has 2 aliphatic carbocycles. The normalized spacial score (nSPS) is 22.6. The molecule has 6 heteroatoms. The highest BCUT2D eigenvalue weighted by Crippen LogP contribution is 2.39. The van der Waals surface area contributed by atoms with E-state index in [0.29, 0.717) is 37.2 Å². The minimum Gasteiger partial charge on any atom is -0.341 e. The third-order valence-electron chi connectivity index (χ3n) is 5.38. The van der Waals surface area contributed by atoms with Gasteiger partial charge in [0.25, 0.3) is 5.91 Å². The molecule has 3 aliphatic rings. The van der Waals surface area contributed by atoms with Crippen LogP contribution in [0.3, 0.4) is 0 Å². The second kappa shape index (κ2) is 5.98. The summed E-state index contributed by atoms with van der Waals surface area (Å²) >= 11 is 0. The number of hydrogen-bond acceptors (Lipinski definition) is 3. The summed E-state index contributed by atoms with van der Waals surface area (Å²) in [5, 5.41) is 7.19. The fourth-order valence-electron chi connectivity index (χ4n) is 3.47. The summed E-state index contributed by atoms with van der Waals surface area (Å²) in [6, 6.07) is 1.90. The molecule has 0 bridgehead atoms. The molecule has 0 spiro atoms. The van der Waals surface area contributed by atoms with Crippen LogP contribution in [0.5, 0.6) is 0 Å². The lowest BCUT2D eigenvalue weighted by atomic mass is 9.84. The van der Waals surface area contributed by atoms with Crippen LogP contribution in [-0.2, 0) is 4.79 Å². The molecule has 3 fully saturated rings. The fraction of sp³-hybridized carbons (Fsp3) is 0.706. The van der Waals surface area contributed by atoms with Crippen LogP contribution in [0.2, 0.25) is 0 Å². The minimum absolute atomic E-state index is 0.00825. The number of carbonyl (C=O) groups is 2. The molecule has 1 aromatic rings.